The van der Waals surface area contributed by atoms with Crippen molar-refractivity contribution in [1.82, 2.24) is 0 Å². The van der Waals surface area contributed by atoms with Gasteiger partial charge in [-0.05, 0) is 48.9 Å². The maximum absolute atomic E-state index is 13.0. The van der Waals surface area contributed by atoms with Gasteiger partial charge in [0.15, 0.2) is 0 Å². The summed E-state index contributed by atoms with van der Waals surface area (Å²) >= 11 is 0. The zero-order chi connectivity index (χ0) is 19.9. The Kier molecular flexibility index (Phi) is 6.07. The van der Waals surface area contributed by atoms with Gasteiger partial charge >= 0.3 is 0 Å². The number of carbonyl (C=O) groups is 2. The summed E-state index contributed by atoms with van der Waals surface area (Å²) in [7, 11) is 0. The lowest BCUT2D eigenvalue weighted by Gasteiger charge is -2.20. The topological polar surface area (TPSA) is 70.2 Å². The molecule has 142 valence electrons. The lowest BCUT2D eigenvalue weighted by molar-refractivity contribution is -0.117. The first kappa shape index (κ1) is 19.2. The Hall–Kier alpha value is -3.60. The molecule has 3 aromatic carbocycles. The smallest absolute Gasteiger partial charge is 0.251 e. The Bertz CT molecular complexity index is 936. The molecule has 0 aliphatic heterocycles. The molecule has 0 aliphatic rings. The predicted molar refractivity (Wildman–Crippen MR) is 113 cm³/mol. The Balaban J connectivity index is 1.80. The SMILES string of the molecule is CC(=O)Nc1ccc(N[C@H](C(=O)Nc2ccc(C)cc2)c2ccccc2)cc1. The molecule has 0 aromatic heterocycles. The fraction of sp³-hybridized carbons (Fsp3) is 0.130. The van der Waals surface area contributed by atoms with Crippen molar-refractivity contribution < 1.29 is 9.59 Å². The van der Waals surface area contributed by atoms with Crippen LogP contribution in [0.4, 0.5) is 17.1 Å². The Morgan fingerprint density at radius 2 is 1.25 bits per heavy atom. The lowest BCUT2D eigenvalue weighted by Crippen LogP contribution is -2.27. The first-order chi connectivity index (χ1) is 13.5. The van der Waals surface area contributed by atoms with Gasteiger partial charge in [-0.1, -0.05) is 48.0 Å². The number of nitrogens with one attached hydrogen (secondary N) is 3. The number of amides is 2. The highest BCUT2D eigenvalue weighted by molar-refractivity contribution is 5.97. The van der Waals surface area contributed by atoms with E-state index >= 15 is 0 Å². The van der Waals surface area contributed by atoms with Crippen LogP contribution in [0.5, 0.6) is 0 Å². The molecule has 3 rings (SSSR count). The first-order valence-corrected chi connectivity index (χ1v) is 9.08. The molecular formula is C23H23N3O2. The van der Waals surface area contributed by atoms with Crippen LogP contribution in [0.2, 0.25) is 0 Å². The van der Waals surface area contributed by atoms with Gasteiger partial charge < -0.3 is 16.0 Å². The minimum atomic E-state index is -0.561. The van der Waals surface area contributed by atoms with E-state index in [1.165, 1.54) is 6.92 Å². The molecule has 0 heterocycles. The summed E-state index contributed by atoms with van der Waals surface area (Å²) in [6, 6.07) is 23.9. The molecule has 0 unspecified atom stereocenters. The summed E-state index contributed by atoms with van der Waals surface area (Å²) in [5, 5.41) is 8.98. The molecule has 0 saturated heterocycles. The van der Waals surface area contributed by atoms with E-state index in [-0.39, 0.29) is 11.8 Å². The van der Waals surface area contributed by atoms with Crippen LogP contribution in [-0.4, -0.2) is 11.8 Å². The average molecular weight is 373 g/mol. The largest absolute Gasteiger partial charge is 0.370 e. The van der Waals surface area contributed by atoms with Gasteiger partial charge in [0, 0.05) is 24.0 Å². The second kappa shape index (κ2) is 8.86. The van der Waals surface area contributed by atoms with Crippen molar-refractivity contribution in [2.24, 2.45) is 0 Å². The summed E-state index contributed by atoms with van der Waals surface area (Å²) in [6.07, 6.45) is 0. The minimum absolute atomic E-state index is 0.125. The molecular weight excluding hydrogens is 350 g/mol. The van der Waals surface area contributed by atoms with Crippen molar-refractivity contribution in [3.05, 3.63) is 90.0 Å². The van der Waals surface area contributed by atoms with E-state index in [0.29, 0.717) is 5.69 Å². The van der Waals surface area contributed by atoms with Gasteiger partial charge in [-0.3, -0.25) is 9.59 Å². The van der Waals surface area contributed by atoms with Crippen molar-refractivity contribution >= 4 is 28.9 Å². The van der Waals surface area contributed by atoms with Gasteiger partial charge in [0.1, 0.15) is 6.04 Å². The highest BCUT2D eigenvalue weighted by atomic mass is 16.2. The van der Waals surface area contributed by atoms with Gasteiger partial charge in [0.05, 0.1) is 0 Å². The predicted octanol–water partition coefficient (Wildman–Crippen LogP) is 4.75. The summed E-state index contributed by atoms with van der Waals surface area (Å²) in [4.78, 5) is 24.1. The van der Waals surface area contributed by atoms with E-state index in [1.807, 2.05) is 73.7 Å². The van der Waals surface area contributed by atoms with E-state index in [4.69, 9.17) is 0 Å². The summed E-state index contributed by atoms with van der Waals surface area (Å²) < 4.78 is 0. The van der Waals surface area contributed by atoms with E-state index < -0.39 is 6.04 Å². The van der Waals surface area contributed by atoms with Gasteiger partial charge in [-0.2, -0.15) is 0 Å². The van der Waals surface area contributed by atoms with Crippen molar-refractivity contribution in [3.63, 3.8) is 0 Å². The molecule has 0 radical (unpaired) electrons. The second-order valence-corrected chi connectivity index (χ2v) is 6.60. The Morgan fingerprint density at radius 3 is 1.86 bits per heavy atom. The molecule has 0 spiro atoms. The fourth-order valence-electron chi connectivity index (χ4n) is 2.82. The molecule has 0 fully saturated rings. The normalized spacial score (nSPS) is 11.4. The van der Waals surface area contributed by atoms with Gasteiger partial charge in [0.25, 0.3) is 5.91 Å². The maximum atomic E-state index is 13.0. The van der Waals surface area contributed by atoms with E-state index in [9.17, 15) is 9.59 Å². The van der Waals surface area contributed by atoms with Crippen LogP contribution in [-0.2, 0) is 9.59 Å². The van der Waals surface area contributed by atoms with Crippen LogP contribution in [0.25, 0.3) is 0 Å². The third kappa shape index (κ3) is 5.20. The molecule has 5 heteroatoms. The molecule has 0 bridgehead atoms. The van der Waals surface area contributed by atoms with Crippen molar-refractivity contribution in [3.8, 4) is 0 Å². The van der Waals surface area contributed by atoms with Crippen LogP contribution in [0.1, 0.15) is 24.1 Å². The van der Waals surface area contributed by atoms with Gasteiger partial charge in [0.2, 0.25) is 5.91 Å². The molecule has 0 aliphatic carbocycles. The van der Waals surface area contributed by atoms with Crippen molar-refractivity contribution in [2.45, 2.75) is 19.9 Å². The van der Waals surface area contributed by atoms with Crippen LogP contribution in [0, 0.1) is 6.92 Å². The van der Waals surface area contributed by atoms with E-state index in [1.54, 1.807) is 12.1 Å². The number of carbonyl (C=O) groups excluding carboxylic acids is 2. The average Bonchev–Trinajstić information content (AvgIpc) is 2.69. The van der Waals surface area contributed by atoms with Crippen LogP contribution in [0.3, 0.4) is 0 Å². The zero-order valence-corrected chi connectivity index (χ0v) is 15.9. The number of anilines is 3. The third-order valence-corrected chi connectivity index (χ3v) is 4.23. The van der Waals surface area contributed by atoms with Gasteiger partial charge in [-0.25, -0.2) is 0 Å². The monoisotopic (exact) mass is 373 g/mol. The molecule has 1 atom stereocenters. The summed E-state index contributed by atoms with van der Waals surface area (Å²) in [5.74, 6) is -0.277. The highest BCUT2D eigenvalue weighted by Gasteiger charge is 2.20. The number of hydrogen-bond donors (Lipinski definition) is 3. The minimum Gasteiger partial charge on any atom is -0.370 e. The molecule has 28 heavy (non-hydrogen) atoms. The zero-order valence-electron chi connectivity index (χ0n) is 15.9. The third-order valence-electron chi connectivity index (χ3n) is 4.23. The van der Waals surface area contributed by atoms with Gasteiger partial charge in [-0.15, -0.1) is 0 Å². The highest BCUT2D eigenvalue weighted by Crippen LogP contribution is 2.23. The summed E-state index contributed by atoms with van der Waals surface area (Å²) in [5.41, 5.74) is 4.23. The molecule has 5 nitrogen and oxygen atoms in total. The standard InChI is InChI=1S/C23H23N3O2/c1-16-8-10-21(11-9-16)26-23(28)22(18-6-4-3-5-7-18)25-20-14-12-19(13-15-20)24-17(2)27/h3-15,22,25H,1-2H3,(H,24,27)(H,26,28)/t22-/m0/s1. The molecule has 0 saturated carbocycles. The van der Waals surface area contributed by atoms with Crippen LogP contribution >= 0.6 is 0 Å². The number of rotatable bonds is 6. The quantitative estimate of drug-likeness (QED) is 0.584. The molecule has 3 aromatic rings. The second-order valence-electron chi connectivity index (χ2n) is 6.60. The number of benzene rings is 3. The van der Waals surface area contributed by atoms with E-state index in [0.717, 1.165) is 22.5 Å². The number of hydrogen-bond acceptors (Lipinski definition) is 3. The van der Waals surface area contributed by atoms with Crippen LogP contribution in [0.15, 0.2) is 78.9 Å². The van der Waals surface area contributed by atoms with Crippen molar-refractivity contribution in [1.29, 1.82) is 0 Å². The first-order valence-electron chi connectivity index (χ1n) is 9.08. The number of aryl methyl sites for hydroxylation is 1. The van der Waals surface area contributed by atoms with Crippen molar-refractivity contribution in [2.75, 3.05) is 16.0 Å². The van der Waals surface area contributed by atoms with E-state index in [2.05, 4.69) is 16.0 Å². The maximum Gasteiger partial charge on any atom is 0.251 e. The fourth-order valence-corrected chi connectivity index (χ4v) is 2.82. The van der Waals surface area contributed by atoms with Crippen LogP contribution < -0.4 is 16.0 Å². The molecule has 2 amide bonds. The molecule has 3 N–H and O–H groups in total. The Morgan fingerprint density at radius 1 is 0.714 bits per heavy atom. The lowest BCUT2D eigenvalue weighted by atomic mass is 10.1. The Labute approximate surface area is 164 Å². The summed E-state index contributed by atoms with van der Waals surface area (Å²) in [6.45, 7) is 3.47.